The van der Waals surface area contributed by atoms with Crippen molar-refractivity contribution in [2.45, 2.75) is 32.2 Å². The number of amides is 2. The van der Waals surface area contributed by atoms with E-state index in [0.29, 0.717) is 18.0 Å². The maximum Gasteiger partial charge on any atom is 0.253 e. The van der Waals surface area contributed by atoms with E-state index in [9.17, 15) is 14.7 Å². The molecule has 2 N–H and O–H groups in total. The number of phenolic OH excluding ortho intramolecular Hbond substituents is 1. The number of benzene rings is 2. The van der Waals surface area contributed by atoms with E-state index in [1.807, 2.05) is 41.3 Å². The van der Waals surface area contributed by atoms with Crippen LogP contribution in [0.15, 0.2) is 48.5 Å². The molecule has 2 aromatic carbocycles. The number of aromatic hydroxyl groups is 1. The molecule has 0 spiro atoms. The summed E-state index contributed by atoms with van der Waals surface area (Å²) < 4.78 is 0. The zero-order chi connectivity index (χ0) is 18.5. The van der Waals surface area contributed by atoms with Crippen LogP contribution in [0.25, 0.3) is 0 Å². The summed E-state index contributed by atoms with van der Waals surface area (Å²) in [5.41, 5.74) is 2.87. The van der Waals surface area contributed by atoms with Gasteiger partial charge in [0.15, 0.2) is 0 Å². The topological polar surface area (TPSA) is 69.6 Å². The highest BCUT2D eigenvalue weighted by Gasteiger charge is 2.24. The van der Waals surface area contributed by atoms with Gasteiger partial charge in [-0.15, -0.1) is 0 Å². The SMILES string of the molecule is CC(=O)NCc1ccc(C(=O)N2CCC(c3ccc(O)cc3)CC2)cc1. The van der Waals surface area contributed by atoms with Crippen LogP contribution in [-0.4, -0.2) is 34.9 Å². The van der Waals surface area contributed by atoms with E-state index in [-0.39, 0.29) is 17.6 Å². The minimum absolute atomic E-state index is 0.0558. The van der Waals surface area contributed by atoms with Crippen LogP contribution in [0.5, 0.6) is 5.75 Å². The number of phenols is 1. The molecule has 0 bridgehead atoms. The summed E-state index contributed by atoms with van der Waals surface area (Å²) in [5.74, 6) is 0.699. The summed E-state index contributed by atoms with van der Waals surface area (Å²) in [6.45, 7) is 3.43. The highest BCUT2D eigenvalue weighted by Crippen LogP contribution is 2.29. The Hall–Kier alpha value is -2.82. The summed E-state index contributed by atoms with van der Waals surface area (Å²) >= 11 is 0. The fourth-order valence-electron chi connectivity index (χ4n) is 3.34. The fraction of sp³-hybridized carbons (Fsp3) is 0.333. The van der Waals surface area contributed by atoms with E-state index in [1.54, 1.807) is 12.1 Å². The lowest BCUT2D eigenvalue weighted by atomic mass is 9.89. The lowest BCUT2D eigenvalue weighted by Crippen LogP contribution is -2.37. The third-order valence-electron chi connectivity index (χ3n) is 4.89. The van der Waals surface area contributed by atoms with Crippen LogP contribution in [0, 0.1) is 0 Å². The first-order valence-electron chi connectivity index (χ1n) is 8.94. The van der Waals surface area contributed by atoms with Gasteiger partial charge in [0.2, 0.25) is 5.91 Å². The zero-order valence-corrected chi connectivity index (χ0v) is 14.9. The molecule has 3 rings (SSSR count). The van der Waals surface area contributed by atoms with E-state index in [2.05, 4.69) is 5.32 Å². The Morgan fingerprint density at radius 1 is 1.04 bits per heavy atom. The third kappa shape index (κ3) is 4.42. The van der Waals surface area contributed by atoms with Crippen LogP contribution in [0.2, 0.25) is 0 Å². The molecule has 0 unspecified atom stereocenters. The van der Waals surface area contributed by atoms with Crippen LogP contribution < -0.4 is 5.32 Å². The second kappa shape index (κ2) is 8.04. The average molecular weight is 352 g/mol. The van der Waals surface area contributed by atoms with Crippen LogP contribution in [0.4, 0.5) is 0 Å². The van der Waals surface area contributed by atoms with Gasteiger partial charge in [0, 0.05) is 32.1 Å². The summed E-state index contributed by atoms with van der Waals surface area (Å²) in [6, 6.07) is 14.8. The number of likely N-dealkylation sites (tertiary alicyclic amines) is 1. The molecule has 26 heavy (non-hydrogen) atoms. The molecule has 2 amide bonds. The lowest BCUT2D eigenvalue weighted by molar-refractivity contribution is -0.119. The number of nitrogens with one attached hydrogen (secondary N) is 1. The minimum Gasteiger partial charge on any atom is -0.508 e. The second-order valence-electron chi connectivity index (χ2n) is 6.76. The van der Waals surface area contributed by atoms with Crippen LogP contribution in [0.3, 0.4) is 0 Å². The Morgan fingerprint density at radius 2 is 1.65 bits per heavy atom. The molecule has 136 valence electrons. The number of rotatable bonds is 4. The molecule has 1 fully saturated rings. The quantitative estimate of drug-likeness (QED) is 0.888. The standard InChI is InChI=1S/C21H24N2O3/c1-15(24)22-14-16-2-4-19(5-3-16)21(26)23-12-10-18(11-13-23)17-6-8-20(25)9-7-17/h2-9,18,25H,10-14H2,1H3,(H,22,24). The predicted molar refractivity (Wildman–Crippen MR) is 99.9 cm³/mol. The highest BCUT2D eigenvalue weighted by atomic mass is 16.3. The molecular weight excluding hydrogens is 328 g/mol. The van der Waals surface area contributed by atoms with Gasteiger partial charge in [-0.1, -0.05) is 24.3 Å². The monoisotopic (exact) mass is 352 g/mol. The predicted octanol–water partition coefficient (Wildman–Crippen LogP) is 3.05. The first-order valence-corrected chi connectivity index (χ1v) is 8.94. The van der Waals surface area contributed by atoms with Crippen molar-refractivity contribution >= 4 is 11.8 Å². The minimum atomic E-state index is -0.0679. The molecule has 5 heteroatoms. The Labute approximate surface area is 153 Å². The van der Waals surface area contributed by atoms with Gasteiger partial charge < -0.3 is 15.3 Å². The molecule has 0 radical (unpaired) electrons. The summed E-state index contributed by atoms with van der Waals surface area (Å²) in [6.07, 6.45) is 1.86. The molecule has 1 heterocycles. The van der Waals surface area contributed by atoms with Gasteiger partial charge in [0.05, 0.1) is 0 Å². The molecule has 0 saturated carbocycles. The van der Waals surface area contributed by atoms with Gasteiger partial charge in [0.25, 0.3) is 5.91 Å². The molecule has 0 aliphatic carbocycles. The van der Waals surface area contributed by atoms with E-state index >= 15 is 0 Å². The lowest BCUT2D eigenvalue weighted by Gasteiger charge is -2.32. The van der Waals surface area contributed by atoms with Gasteiger partial charge in [-0.2, -0.15) is 0 Å². The number of nitrogens with zero attached hydrogens (tertiary/aromatic N) is 1. The fourth-order valence-corrected chi connectivity index (χ4v) is 3.34. The van der Waals surface area contributed by atoms with Gasteiger partial charge in [-0.25, -0.2) is 0 Å². The van der Waals surface area contributed by atoms with Crippen molar-refractivity contribution in [3.8, 4) is 5.75 Å². The smallest absolute Gasteiger partial charge is 0.253 e. The van der Waals surface area contributed by atoms with Gasteiger partial charge in [-0.3, -0.25) is 9.59 Å². The maximum absolute atomic E-state index is 12.7. The Morgan fingerprint density at radius 3 is 2.23 bits per heavy atom. The zero-order valence-electron chi connectivity index (χ0n) is 14.9. The largest absolute Gasteiger partial charge is 0.508 e. The first kappa shape index (κ1) is 18.0. The number of hydrogen-bond acceptors (Lipinski definition) is 3. The number of carbonyl (C=O) groups excluding carboxylic acids is 2. The molecule has 5 nitrogen and oxygen atoms in total. The van der Waals surface area contributed by atoms with E-state index in [0.717, 1.165) is 31.5 Å². The molecule has 0 atom stereocenters. The van der Waals surface area contributed by atoms with Crippen LogP contribution >= 0.6 is 0 Å². The molecule has 1 aliphatic heterocycles. The summed E-state index contributed by atoms with van der Waals surface area (Å²) in [4.78, 5) is 25.6. The molecule has 2 aromatic rings. The molecular formula is C21H24N2O3. The van der Waals surface area contributed by atoms with E-state index < -0.39 is 0 Å². The van der Waals surface area contributed by atoms with Crippen molar-refractivity contribution in [2.75, 3.05) is 13.1 Å². The van der Waals surface area contributed by atoms with Crippen molar-refractivity contribution in [2.24, 2.45) is 0 Å². The first-order chi connectivity index (χ1) is 12.5. The van der Waals surface area contributed by atoms with Crippen molar-refractivity contribution in [1.29, 1.82) is 0 Å². The molecule has 1 aliphatic rings. The number of hydrogen-bond donors (Lipinski definition) is 2. The summed E-state index contributed by atoms with van der Waals surface area (Å²) in [7, 11) is 0. The molecule has 0 aromatic heterocycles. The van der Waals surface area contributed by atoms with Gasteiger partial charge >= 0.3 is 0 Å². The second-order valence-corrected chi connectivity index (χ2v) is 6.76. The van der Waals surface area contributed by atoms with Crippen molar-refractivity contribution in [3.05, 3.63) is 65.2 Å². The Balaban J connectivity index is 1.56. The Kier molecular flexibility index (Phi) is 5.56. The van der Waals surface area contributed by atoms with Crippen molar-refractivity contribution in [1.82, 2.24) is 10.2 Å². The van der Waals surface area contributed by atoms with Gasteiger partial charge in [0.1, 0.15) is 5.75 Å². The normalized spacial score (nSPS) is 14.9. The average Bonchev–Trinajstić information content (AvgIpc) is 2.67. The van der Waals surface area contributed by atoms with E-state index in [1.165, 1.54) is 12.5 Å². The summed E-state index contributed by atoms with van der Waals surface area (Å²) in [5, 5.41) is 12.2. The Bertz CT molecular complexity index is 761. The maximum atomic E-state index is 12.7. The van der Waals surface area contributed by atoms with Crippen molar-refractivity contribution in [3.63, 3.8) is 0 Å². The van der Waals surface area contributed by atoms with Crippen molar-refractivity contribution < 1.29 is 14.7 Å². The molecule has 1 saturated heterocycles. The van der Waals surface area contributed by atoms with Crippen LogP contribution in [0.1, 0.15) is 47.2 Å². The number of carbonyl (C=O) groups is 2. The van der Waals surface area contributed by atoms with E-state index in [4.69, 9.17) is 0 Å². The van der Waals surface area contributed by atoms with Crippen LogP contribution in [-0.2, 0) is 11.3 Å². The highest BCUT2D eigenvalue weighted by molar-refractivity contribution is 5.94. The number of piperidine rings is 1. The van der Waals surface area contributed by atoms with Gasteiger partial charge in [-0.05, 0) is 54.2 Å². The third-order valence-corrected chi connectivity index (χ3v) is 4.89.